The summed E-state index contributed by atoms with van der Waals surface area (Å²) in [6.45, 7) is 9.33. The molecule has 0 N–H and O–H groups in total. The van der Waals surface area contributed by atoms with Gasteiger partial charge in [0, 0.05) is 22.7 Å². The van der Waals surface area contributed by atoms with Gasteiger partial charge in [0.05, 0.1) is 11.8 Å². The molecular weight excluding hydrogens is 258 g/mol. The molecule has 0 spiro atoms. The Kier molecular flexibility index (Phi) is 2.44. The summed E-state index contributed by atoms with van der Waals surface area (Å²) in [4.78, 5) is 2.61. The molecule has 1 aromatic carbocycles. The fourth-order valence-corrected chi connectivity index (χ4v) is 4.61. The first-order valence-electron chi connectivity index (χ1n) is 7.92. The fourth-order valence-electron chi connectivity index (χ4n) is 4.61. The van der Waals surface area contributed by atoms with Gasteiger partial charge < -0.3 is 9.32 Å². The van der Waals surface area contributed by atoms with Crippen LogP contribution in [0.4, 0.5) is 5.69 Å². The molecule has 0 radical (unpaired) electrons. The van der Waals surface area contributed by atoms with Crippen molar-refractivity contribution in [3.8, 4) is 0 Å². The van der Waals surface area contributed by atoms with Crippen LogP contribution in [0.3, 0.4) is 0 Å². The molecule has 1 saturated heterocycles. The minimum Gasteiger partial charge on any atom is -0.467 e. The number of aryl methyl sites for hydroxylation is 1. The maximum atomic E-state index is 5.96. The molecule has 2 nitrogen and oxygen atoms in total. The Labute approximate surface area is 126 Å². The second-order valence-corrected chi connectivity index (χ2v) is 7.19. The first kappa shape index (κ1) is 13.0. The third kappa shape index (κ3) is 1.43. The van der Waals surface area contributed by atoms with Crippen molar-refractivity contribution < 1.29 is 4.42 Å². The van der Waals surface area contributed by atoms with Crippen LogP contribution in [0.15, 0.2) is 41.0 Å². The lowest BCUT2D eigenvalue weighted by Crippen LogP contribution is -2.65. The predicted molar refractivity (Wildman–Crippen MR) is 85.8 cm³/mol. The summed E-state index contributed by atoms with van der Waals surface area (Å²) in [5.74, 6) is 1.18. The number of benzene rings is 1. The van der Waals surface area contributed by atoms with Crippen molar-refractivity contribution in [2.24, 2.45) is 0 Å². The van der Waals surface area contributed by atoms with Crippen molar-refractivity contribution in [2.45, 2.75) is 57.5 Å². The van der Waals surface area contributed by atoms with Gasteiger partial charge in [0.1, 0.15) is 5.76 Å². The molecule has 5 rings (SSSR count). The minimum absolute atomic E-state index is 0.0257. The molecule has 2 aliphatic heterocycles. The average molecular weight is 281 g/mol. The van der Waals surface area contributed by atoms with Gasteiger partial charge in [-0.3, -0.25) is 0 Å². The van der Waals surface area contributed by atoms with Crippen LogP contribution in [0.25, 0.3) is 0 Å². The van der Waals surface area contributed by atoms with E-state index in [1.165, 1.54) is 29.0 Å². The number of fused-ring (bicyclic) bond motifs is 2. The molecule has 21 heavy (non-hydrogen) atoms. The van der Waals surface area contributed by atoms with E-state index in [1.807, 2.05) is 6.26 Å². The normalized spacial score (nSPS) is 34.1. The molecule has 3 heterocycles. The van der Waals surface area contributed by atoms with E-state index in [2.05, 4.69) is 62.9 Å². The molecule has 3 atom stereocenters. The number of para-hydroxylation sites is 1. The van der Waals surface area contributed by atoms with E-state index in [4.69, 9.17) is 4.42 Å². The smallest absolute Gasteiger partial charge is 0.132 e. The van der Waals surface area contributed by atoms with E-state index in [0.717, 1.165) is 6.42 Å². The van der Waals surface area contributed by atoms with Gasteiger partial charge in [-0.25, -0.2) is 0 Å². The maximum absolute atomic E-state index is 5.96. The number of anilines is 1. The van der Waals surface area contributed by atoms with Crippen molar-refractivity contribution in [1.82, 2.24) is 0 Å². The summed E-state index contributed by atoms with van der Waals surface area (Å²) < 4.78 is 5.96. The van der Waals surface area contributed by atoms with Crippen LogP contribution >= 0.6 is 0 Å². The molecular formula is C19H23NO. The third-order valence-corrected chi connectivity index (χ3v) is 6.12. The van der Waals surface area contributed by atoms with Gasteiger partial charge in [0.2, 0.25) is 0 Å². The molecule has 2 heteroatoms. The van der Waals surface area contributed by atoms with Gasteiger partial charge in [-0.2, -0.15) is 0 Å². The lowest BCUT2D eigenvalue weighted by molar-refractivity contribution is 0.140. The molecule has 2 aromatic rings. The standard InChI is InChI=1S/C19H23NO/c1-13-7-5-6-8-16(13)20-14(2)18(3)10-11-19(20,4)17-15(18)9-12-21-17/h5-9,12,14H,10-11H2,1-4H3. The Morgan fingerprint density at radius 3 is 2.67 bits per heavy atom. The average Bonchev–Trinajstić information content (AvgIpc) is 2.96. The number of rotatable bonds is 1. The number of piperidine rings is 1. The second-order valence-electron chi connectivity index (χ2n) is 7.19. The Morgan fingerprint density at radius 1 is 1.14 bits per heavy atom. The monoisotopic (exact) mass is 281 g/mol. The molecule has 1 aliphatic carbocycles. The summed E-state index contributed by atoms with van der Waals surface area (Å²) in [6, 6.07) is 11.4. The highest BCUT2D eigenvalue weighted by Crippen LogP contribution is 2.58. The van der Waals surface area contributed by atoms with Gasteiger partial charge in [-0.15, -0.1) is 0 Å². The van der Waals surface area contributed by atoms with Crippen LogP contribution in [-0.2, 0) is 11.0 Å². The van der Waals surface area contributed by atoms with E-state index >= 15 is 0 Å². The first-order chi connectivity index (χ1) is 9.98. The molecule has 2 bridgehead atoms. The van der Waals surface area contributed by atoms with E-state index in [-0.39, 0.29) is 11.0 Å². The molecule has 3 aliphatic rings. The van der Waals surface area contributed by atoms with Crippen LogP contribution in [0, 0.1) is 6.92 Å². The molecule has 110 valence electrons. The fraction of sp³-hybridized carbons (Fsp3) is 0.474. The first-order valence-corrected chi connectivity index (χ1v) is 7.92. The topological polar surface area (TPSA) is 16.4 Å². The minimum atomic E-state index is -0.0257. The highest BCUT2D eigenvalue weighted by molar-refractivity contribution is 5.62. The zero-order valence-electron chi connectivity index (χ0n) is 13.3. The maximum Gasteiger partial charge on any atom is 0.132 e. The third-order valence-electron chi connectivity index (χ3n) is 6.12. The van der Waals surface area contributed by atoms with Crippen LogP contribution in [0.2, 0.25) is 0 Å². The van der Waals surface area contributed by atoms with Gasteiger partial charge in [0.25, 0.3) is 0 Å². The van der Waals surface area contributed by atoms with Gasteiger partial charge in [0.15, 0.2) is 0 Å². The molecule has 0 saturated carbocycles. The Hall–Kier alpha value is -1.70. The molecule has 0 amide bonds. The number of nitrogens with zero attached hydrogens (tertiary/aromatic N) is 1. The summed E-state index contributed by atoms with van der Waals surface area (Å²) in [7, 11) is 0. The van der Waals surface area contributed by atoms with E-state index in [1.54, 1.807) is 0 Å². The largest absolute Gasteiger partial charge is 0.467 e. The summed E-state index contributed by atoms with van der Waals surface area (Å²) >= 11 is 0. The van der Waals surface area contributed by atoms with Crippen molar-refractivity contribution in [3.05, 3.63) is 53.5 Å². The van der Waals surface area contributed by atoms with Crippen molar-refractivity contribution in [3.63, 3.8) is 0 Å². The molecule has 3 unspecified atom stereocenters. The van der Waals surface area contributed by atoms with Crippen LogP contribution in [-0.4, -0.2) is 6.04 Å². The lowest BCUT2D eigenvalue weighted by atomic mass is 9.59. The van der Waals surface area contributed by atoms with Crippen LogP contribution in [0.5, 0.6) is 0 Å². The van der Waals surface area contributed by atoms with Crippen molar-refractivity contribution in [1.29, 1.82) is 0 Å². The molecule has 1 aromatic heterocycles. The summed E-state index contributed by atoms with van der Waals surface area (Å²) in [5.41, 5.74) is 4.27. The quantitative estimate of drug-likeness (QED) is 0.749. The van der Waals surface area contributed by atoms with Crippen LogP contribution in [0.1, 0.15) is 50.5 Å². The summed E-state index contributed by atoms with van der Waals surface area (Å²) in [6.07, 6.45) is 4.27. The number of hydrogen-bond donors (Lipinski definition) is 0. The zero-order chi connectivity index (χ0) is 14.8. The Morgan fingerprint density at radius 2 is 1.90 bits per heavy atom. The molecule has 1 fully saturated rings. The number of hydrogen-bond acceptors (Lipinski definition) is 2. The Balaban J connectivity index is 1.97. The Bertz CT molecular complexity index is 703. The zero-order valence-corrected chi connectivity index (χ0v) is 13.3. The van der Waals surface area contributed by atoms with Crippen molar-refractivity contribution >= 4 is 5.69 Å². The van der Waals surface area contributed by atoms with E-state index in [9.17, 15) is 0 Å². The van der Waals surface area contributed by atoms with E-state index < -0.39 is 0 Å². The summed E-state index contributed by atoms with van der Waals surface area (Å²) in [5, 5.41) is 0. The second kappa shape index (κ2) is 3.94. The lowest BCUT2D eigenvalue weighted by Gasteiger charge is -2.61. The number of furan rings is 1. The van der Waals surface area contributed by atoms with Crippen molar-refractivity contribution in [2.75, 3.05) is 4.90 Å². The van der Waals surface area contributed by atoms with Gasteiger partial charge in [-0.1, -0.05) is 25.1 Å². The van der Waals surface area contributed by atoms with Crippen LogP contribution < -0.4 is 4.90 Å². The highest BCUT2D eigenvalue weighted by Gasteiger charge is 2.58. The van der Waals surface area contributed by atoms with E-state index in [0.29, 0.717) is 6.04 Å². The SMILES string of the molecule is Cc1ccccc1N1C(C)C2(C)CCC1(C)c1occc12. The highest BCUT2D eigenvalue weighted by atomic mass is 16.3. The van der Waals surface area contributed by atoms with Gasteiger partial charge in [-0.05, 0) is 51.3 Å². The predicted octanol–water partition coefficient (Wildman–Crippen LogP) is 4.76. The van der Waals surface area contributed by atoms with Gasteiger partial charge >= 0.3 is 0 Å².